The molecule has 0 saturated carbocycles. The van der Waals surface area contributed by atoms with E-state index in [0.717, 1.165) is 19.3 Å². The Kier molecular flexibility index (Phi) is 5.92. The van der Waals surface area contributed by atoms with Crippen LogP contribution in [0.1, 0.15) is 26.2 Å². The molecular weight excluding hydrogens is 293 g/mol. The van der Waals surface area contributed by atoms with Crippen molar-refractivity contribution >= 4 is 33.2 Å². The lowest BCUT2D eigenvalue weighted by molar-refractivity contribution is 0.454. The summed E-state index contributed by atoms with van der Waals surface area (Å²) in [4.78, 5) is 0.177. The Morgan fingerprint density at radius 3 is 2.39 bits per heavy atom. The van der Waals surface area contributed by atoms with Crippen LogP contribution in [0.2, 0.25) is 10.0 Å². The van der Waals surface area contributed by atoms with Crippen LogP contribution in [-0.2, 0) is 10.0 Å². The number of rotatable bonds is 6. The molecule has 0 aromatic heterocycles. The van der Waals surface area contributed by atoms with Crippen molar-refractivity contribution in [2.24, 2.45) is 0 Å². The predicted octanol–water partition coefficient (Wildman–Crippen LogP) is 3.80. The first kappa shape index (κ1) is 15.8. The van der Waals surface area contributed by atoms with E-state index in [9.17, 15) is 8.42 Å². The van der Waals surface area contributed by atoms with Crippen LogP contribution in [0.5, 0.6) is 0 Å². The van der Waals surface area contributed by atoms with E-state index in [1.807, 2.05) is 0 Å². The van der Waals surface area contributed by atoms with Gasteiger partial charge in [0.2, 0.25) is 10.0 Å². The first-order valence-corrected chi connectivity index (χ1v) is 8.00. The number of hydrogen-bond acceptors (Lipinski definition) is 2. The zero-order chi connectivity index (χ0) is 13.8. The zero-order valence-electron chi connectivity index (χ0n) is 10.5. The van der Waals surface area contributed by atoms with Gasteiger partial charge in [0.15, 0.2) is 0 Å². The third-order valence-electron chi connectivity index (χ3n) is 2.68. The molecule has 0 spiro atoms. The Morgan fingerprint density at radius 1 is 1.17 bits per heavy atom. The minimum Gasteiger partial charge on any atom is -0.207 e. The Bertz CT molecular complexity index is 503. The van der Waals surface area contributed by atoms with E-state index in [4.69, 9.17) is 23.2 Å². The van der Waals surface area contributed by atoms with Crippen LogP contribution >= 0.6 is 23.2 Å². The highest BCUT2D eigenvalue weighted by Gasteiger charge is 2.20. The fourth-order valence-electron chi connectivity index (χ4n) is 1.52. The van der Waals surface area contributed by atoms with Crippen LogP contribution in [0.3, 0.4) is 0 Å². The molecule has 0 saturated heterocycles. The second-order valence-corrected chi connectivity index (χ2v) is 6.97. The van der Waals surface area contributed by atoms with Gasteiger partial charge in [0.1, 0.15) is 0 Å². The molecule has 6 heteroatoms. The van der Waals surface area contributed by atoms with E-state index in [0.29, 0.717) is 11.6 Å². The van der Waals surface area contributed by atoms with Gasteiger partial charge in [-0.3, -0.25) is 0 Å². The van der Waals surface area contributed by atoms with Crippen LogP contribution in [0.15, 0.2) is 23.1 Å². The number of nitrogens with zero attached hydrogens (tertiary/aromatic N) is 1. The van der Waals surface area contributed by atoms with E-state index < -0.39 is 10.0 Å². The molecule has 1 aromatic rings. The molecule has 102 valence electrons. The second-order valence-electron chi connectivity index (χ2n) is 4.11. The van der Waals surface area contributed by atoms with E-state index in [-0.39, 0.29) is 9.92 Å². The van der Waals surface area contributed by atoms with Gasteiger partial charge in [0, 0.05) is 13.6 Å². The predicted molar refractivity (Wildman–Crippen MR) is 75.8 cm³/mol. The van der Waals surface area contributed by atoms with Gasteiger partial charge in [-0.15, -0.1) is 0 Å². The maximum Gasteiger partial charge on any atom is 0.242 e. The highest BCUT2D eigenvalue weighted by atomic mass is 35.5. The average molecular weight is 310 g/mol. The number of sulfonamides is 1. The molecule has 0 radical (unpaired) electrons. The summed E-state index contributed by atoms with van der Waals surface area (Å²) in [6.07, 6.45) is 2.93. The molecule has 0 bridgehead atoms. The fraction of sp³-hybridized carbons (Fsp3) is 0.500. The Labute approximate surface area is 119 Å². The normalized spacial score (nSPS) is 12.1. The first-order chi connectivity index (χ1) is 8.39. The lowest BCUT2D eigenvalue weighted by atomic mass is 10.2. The zero-order valence-corrected chi connectivity index (χ0v) is 12.8. The molecular formula is C12H17Cl2NO2S. The fourth-order valence-corrected chi connectivity index (χ4v) is 3.12. The van der Waals surface area contributed by atoms with Crippen LogP contribution in [0.25, 0.3) is 0 Å². The molecule has 0 amide bonds. The van der Waals surface area contributed by atoms with Gasteiger partial charge in [-0.25, -0.2) is 12.7 Å². The number of hydrogen-bond donors (Lipinski definition) is 0. The second kappa shape index (κ2) is 6.75. The Morgan fingerprint density at radius 2 is 1.83 bits per heavy atom. The molecule has 0 unspecified atom stereocenters. The highest BCUT2D eigenvalue weighted by molar-refractivity contribution is 7.89. The van der Waals surface area contributed by atoms with E-state index in [1.54, 1.807) is 7.05 Å². The van der Waals surface area contributed by atoms with Crippen LogP contribution < -0.4 is 0 Å². The van der Waals surface area contributed by atoms with Crippen LogP contribution in [0.4, 0.5) is 0 Å². The summed E-state index contributed by atoms with van der Waals surface area (Å²) in [5.41, 5.74) is 0. The highest BCUT2D eigenvalue weighted by Crippen LogP contribution is 2.26. The molecule has 3 nitrogen and oxygen atoms in total. The largest absolute Gasteiger partial charge is 0.242 e. The summed E-state index contributed by atoms with van der Waals surface area (Å²) >= 11 is 11.6. The molecule has 0 aliphatic rings. The monoisotopic (exact) mass is 309 g/mol. The molecule has 0 N–H and O–H groups in total. The van der Waals surface area contributed by atoms with Crippen molar-refractivity contribution in [1.29, 1.82) is 0 Å². The van der Waals surface area contributed by atoms with E-state index in [1.165, 1.54) is 22.5 Å². The molecule has 0 aliphatic heterocycles. The molecule has 18 heavy (non-hydrogen) atoms. The maximum absolute atomic E-state index is 12.2. The van der Waals surface area contributed by atoms with Crippen LogP contribution in [0, 0.1) is 0 Å². The summed E-state index contributed by atoms with van der Waals surface area (Å²) in [5.74, 6) is 0. The van der Waals surface area contributed by atoms with Crippen molar-refractivity contribution in [2.45, 2.75) is 31.1 Å². The van der Waals surface area contributed by atoms with E-state index in [2.05, 4.69) is 6.92 Å². The smallest absolute Gasteiger partial charge is 0.207 e. The third kappa shape index (κ3) is 3.85. The quantitative estimate of drug-likeness (QED) is 0.749. The van der Waals surface area contributed by atoms with Gasteiger partial charge in [-0.1, -0.05) is 43.0 Å². The van der Waals surface area contributed by atoms with Gasteiger partial charge in [0.05, 0.1) is 14.9 Å². The number of benzene rings is 1. The third-order valence-corrected chi connectivity index (χ3v) is 5.27. The van der Waals surface area contributed by atoms with Gasteiger partial charge in [0.25, 0.3) is 0 Å². The SMILES string of the molecule is CCCCCN(C)S(=O)(=O)c1ccc(Cl)c(Cl)c1. The first-order valence-electron chi connectivity index (χ1n) is 5.81. The van der Waals surface area contributed by atoms with Crippen molar-refractivity contribution < 1.29 is 8.42 Å². The van der Waals surface area contributed by atoms with Gasteiger partial charge in [-0.2, -0.15) is 0 Å². The van der Waals surface area contributed by atoms with Crippen molar-refractivity contribution in [2.75, 3.05) is 13.6 Å². The Hall–Kier alpha value is -0.290. The minimum atomic E-state index is -3.47. The molecule has 0 aliphatic carbocycles. The van der Waals surface area contributed by atoms with Gasteiger partial charge >= 0.3 is 0 Å². The van der Waals surface area contributed by atoms with E-state index >= 15 is 0 Å². The summed E-state index contributed by atoms with van der Waals surface area (Å²) in [5, 5.41) is 0.601. The maximum atomic E-state index is 12.2. The molecule has 1 aromatic carbocycles. The average Bonchev–Trinajstić information content (AvgIpc) is 2.32. The van der Waals surface area contributed by atoms with Crippen molar-refractivity contribution in [1.82, 2.24) is 4.31 Å². The number of halogens is 2. The summed E-state index contributed by atoms with van der Waals surface area (Å²) < 4.78 is 25.8. The summed E-state index contributed by atoms with van der Waals surface area (Å²) in [6.45, 7) is 2.59. The van der Waals surface area contributed by atoms with Gasteiger partial charge in [-0.05, 0) is 24.6 Å². The van der Waals surface area contributed by atoms with Crippen molar-refractivity contribution in [3.8, 4) is 0 Å². The topological polar surface area (TPSA) is 37.4 Å². The van der Waals surface area contributed by atoms with Crippen molar-refractivity contribution in [3.63, 3.8) is 0 Å². The lowest BCUT2D eigenvalue weighted by Gasteiger charge is -2.17. The van der Waals surface area contributed by atoms with Gasteiger partial charge < -0.3 is 0 Å². The summed E-state index contributed by atoms with van der Waals surface area (Å²) in [7, 11) is -1.89. The molecule has 0 atom stereocenters. The lowest BCUT2D eigenvalue weighted by Crippen LogP contribution is -2.27. The molecule has 0 heterocycles. The summed E-state index contributed by atoms with van der Waals surface area (Å²) in [6, 6.07) is 4.35. The van der Waals surface area contributed by atoms with Crippen molar-refractivity contribution in [3.05, 3.63) is 28.2 Å². The Balaban J connectivity index is 2.88. The number of unbranched alkanes of at least 4 members (excludes halogenated alkanes) is 2. The minimum absolute atomic E-state index is 0.177. The molecule has 1 rings (SSSR count). The van der Waals surface area contributed by atoms with Crippen LogP contribution in [-0.4, -0.2) is 26.3 Å². The molecule has 0 fully saturated rings. The standard InChI is InChI=1S/C12H17Cl2NO2S/c1-3-4-5-8-15(2)18(16,17)10-6-7-11(13)12(14)9-10/h6-7,9H,3-5,8H2,1-2H3.